The van der Waals surface area contributed by atoms with Gasteiger partial charge in [0.05, 0.1) is 12.8 Å². The van der Waals surface area contributed by atoms with Crippen LogP contribution in [0.5, 0.6) is 0 Å². The Morgan fingerprint density at radius 1 is 1.29 bits per heavy atom. The smallest absolute Gasteiger partial charge is 0.270 e. The van der Waals surface area contributed by atoms with Crippen LogP contribution in [0.4, 0.5) is 5.82 Å². The highest BCUT2D eigenvalue weighted by atomic mass is 16.3. The van der Waals surface area contributed by atoms with Crippen molar-refractivity contribution in [1.29, 1.82) is 0 Å². The number of nitrogens with zero attached hydrogens (tertiary/aromatic N) is 4. The lowest BCUT2D eigenvalue weighted by molar-refractivity contribution is 0.0942. The highest BCUT2D eigenvalue weighted by Crippen LogP contribution is 2.15. The minimum Gasteiger partial charge on any atom is -0.467 e. The number of amides is 1. The van der Waals surface area contributed by atoms with E-state index in [0.717, 1.165) is 38.5 Å². The van der Waals surface area contributed by atoms with Crippen LogP contribution >= 0.6 is 0 Å². The molecule has 1 aliphatic heterocycles. The standard InChI is InChI=1S/C17H23N5O2/c1-3-21-6-8-22(9-7-21)16-11-15(19-13(2)20-16)17(23)18-12-14-5-4-10-24-14/h4-5,10-11H,3,6-9,12H2,1-2H3,(H,18,23). The fraction of sp³-hybridized carbons (Fsp3) is 0.471. The SMILES string of the molecule is CCN1CCN(c2cc(C(=O)NCc3ccco3)nc(C)n2)CC1. The van der Waals surface area contributed by atoms with Gasteiger partial charge in [0.1, 0.15) is 23.1 Å². The van der Waals surface area contributed by atoms with Crippen LogP contribution in [0.3, 0.4) is 0 Å². The lowest BCUT2D eigenvalue weighted by Crippen LogP contribution is -2.46. The molecule has 3 heterocycles. The van der Waals surface area contributed by atoms with Crippen LogP contribution in [0.2, 0.25) is 0 Å². The predicted molar refractivity (Wildman–Crippen MR) is 91.0 cm³/mol. The highest BCUT2D eigenvalue weighted by Gasteiger charge is 2.19. The lowest BCUT2D eigenvalue weighted by Gasteiger charge is -2.34. The van der Waals surface area contributed by atoms with Crippen LogP contribution in [-0.4, -0.2) is 53.5 Å². The van der Waals surface area contributed by atoms with Gasteiger partial charge in [-0.25, -0.2) is 9.97 Å². The van der Waals surface area contributed by atoms with E-state index < -0.39 is 0 Å². The van der Waals surface area contributed by atoms with Gasteiger partial charge < -0.3 is 19.5 Å². The van der Waals surface area contributed by atoms with Gasteiger partial charge >= 0.3 is 0 Å². The van der Waals surface area contributed by atoms with Crippen LogP contribution in [0.25, 0.3) is 0 Å². The first-order valence-electron chi connectivity index (χ1n) is 8.29. The number of aromatic nitrogens is 2. The Morgan fingerprint density at radius 3 is 2.75 bits per heavy atom. The number of rotatable bonds is 5. The molecule has 7 heteroatoms. The molecule has 0 saturated carbocycles. The van der Waals surface area contributed by atoms with Crippen LogP contribution in [-0.2, 0) is 6.54 Å². The summed E-state index contributed by atoms with van der Waals surface area (Å²) in [5.41, 5.74) is 0.391. The molecule has 0 aromatic carbocycles. The molecule has 2 aromatic heterocycles. The van der Waals surface area contributed by atoms with E-state index in [1.54, 1.807) is 18.4 Å². The molecule has 1 fully saturated rings. The maximum atomic E-state index is 12.4. The van der Waals surface area contributed by atoms with Crippen molar-refractivity contribution in [1.82, 2.24) is 20.2 Å². The van der Waals surface area contributed by atoms with Crippen molar-refractivity contribution >= 4 is 11.7 Å². The zero-order valence-electron chi connectivity index (χ0n) is 14.2. The van der Waals surface area contributed by atoms with E-state index in [1.807, 2.05) is 13.0 Å². The van der Waals surface area contributed by atoms with E-state index in [4.69, 9.17) is 4.42 Å². The summed E-state index contributed by atoms with van der Waals surface area (Å²) in [5, 5.41) is 2.83. The van der Waals surface area contributed by atoms with Crippen molar-refractivity contribution in [3.8, 4) is 0 Å². The first-order valence-corrected chi connectivity index (χ1v) is 8.29. The second-order valence-corrected chi connectivity index (χ2v) is 5.84. The number of piperazine rings is 1. The van der Waals surface area contributed by atoms with Crippen molar-refractivity contribution in [2.45, 2.75) is 20.4 Å². The Kier molecular flexibility index (Phi) is 5.10. The van der Waals surface area contributed by atoms with Gasteiger partial charge in [-0.1, -0.05) is 6.92 Å². The van der Waals surface area contributed by atoms with Gasteiger partial charge in [0.15, 0.2) is 0 Å². The topological polar surface area (TPSA) is 74.5 Å². The molecule has 1 amide bonds. The normalized spacial score (nSPS) is 15.5. The molecular formula is C17H23N5O2. The maximum Gasteiger partial charge on any atom is 0.270 e. The summed E-state index contributed by atoms with van der Waals surface area (Å²) in [6, 6.07) is 5.39. The zero-order chi connectivity index (χ0) is 16.9. The number of anilines is 1. The molecule has 0 unspecified atom stereocenters. The van der Waals surface area contributed by atoms with Crippen LogP contribution < -0.4 is 10.2 Å². The number of carbonyl (C=O) groups excluding carboxylic acids is 1. The molecule has 1 N–H and O–H groups in total. The molecule has 0 bridgehead atoms. The first kappa shape index (κ1) is 16.4. The summed E-state index contributed by atoms with van der Waals surface area (Å²) in [7, 11) is 0. The van der Waals surface area contributed by atoms with Crippen molar-refractivity contribution in [3.63, 3.8) is 0 Å². The first-order chi connectivity index (χ1) is 11.7. The van der Waals surface area contributed by atoms with Crippen molar-refractivity contribution < 1.29 is 9.21 Å². The predicted octanol–water partition coefficient (Wildman–Crippen LogP) is 1.45. The summed E-state index contributed by atoms with van der Waals surface area (Å²) < 4.78 is 5.22. The minimum absolute atomic E-state index is 0.217. The molecule has 1 aliphatic rings. The van der Waals surface area contributed by atoms with E-state index >= 15 is 0 Å². The Hall–Kier alpha value is -2.41. The monoisotopic (exact) mass is 329 g/mol. The minimum atomic E-state index is -0.217. The van der Waals surface area contributed by atoms with E-state index in [0.29, 0.717) is 23.8 Å². The van der Waals surface area contributed by atoms with Gasteiger partial charge in [-0.2, -0.15) is 0 Å². The fourth-order valence-electron chi connectivity index (χ4n) is 2.79. The summed E-state index contributed by atoms with van der Waals surface area (Å²) in [5.74, 6) is 1.92. The van der Waals surface area contributed by atoms with E-state index in [2.05, 4.69) is 32.0 Å². The summed E-state index contributed by atoms with van der Waals surface area (Å²) in [6.45, 7) is 9.26. The average molecular weight is 329 g/mol. The summed E-state index contributed by atoms with van der Waals surface area (Å²) in [4.78, 5) is 25.7. The van der Waals surface area contributed by atoms with Crippen LogP contribution in [0.1, 0.15) is 29.0 Å². The van der Waals surface area contributed by atoms with Gasteiger partial charge in [0.2, 0.25) is 0 Å². The molecule has 3 rings (SSSR count). The molecule has 0 aliphatic carbocycles. The number of hydrogen-bond acceptors (Lipinski definition) is 6. The van der Waals surface area contributed by atoms with Gasteiger partial charge in [-0.05, 0) is 25.6 Å². The molecule has 0 radical (unpaired) electrons. The fourth-order valence-corrected chi connectivity index (χ4v) is 2.79. The van der Waals surface area contributed by atoms with Crippen molar-refractivity contribution in [3.05, 3.63) is 41.7 Å². The number of nitrogens with one attached hydrogen (secondary N) is 1. The number of furan rings is 1. The Balaban J connectivity index is 1.68. The van der Waals surface area contributed by atoms with E-state index in [-0.39, 0.29) is 5.91 Å². The van der Waals surface area contributed by atoms with Crippen molar-refractivity contribution in [2.24, 2.45) is 0 Å². The second kappa shape index (κ2) is 7.44. The third kappa shape index (κ3) is 3.91. The molecule has 128 valence electrons. The number of likely N-dealkylation sites (N-methyl/N-ethyl adjacent to an activating group) is 1. The second-order valence-electron chi connectivity index (χ2n) is 5.84. The summed E-state index contributed by atoms with van der Waals surface area (Å²) in [6.07, 6.45) is 1.59. The molecular weight excluding hydrogens is 306 g/mol. The molecule has 7 nitrogen and oxygen atoms in total. The van der Waals surface area contributed by atoms with Crippen molar-refractivity contribution in [2.75, 3.05) is 37.6 Å². The largest absolute Gasteiger partial charge is 0.467 e. The number of hydrogen-bond donors (Lipinski definition) is 1. The zero-order valence-corrected chi connectivity index (χ0v) is 14.2. The number of carbonyl (C=O) groups is 1. The number of aryl methyl sites for hydroxylation is 1. The molecule has 1 saturated heterocycles. The molecule has 0 atom stereocenters. The quantitative estimate of drug-likeness (QED) is 0.895. The van der Waals surface area contributed by atoms with Gasteiger partial charge in [0, 0.05) is 32.2 Å². The molecule has 2 aromatic rings. The Bertz CT molecular complexity index is 678. The van der Waals surface area contributed by atoms with Crippen LogP contribution in [0.15, 0.2) is 28.9 Å². The third-order valence-corrected chi connectivity index (χ3v) is 4.20. The van der Waals surface area contributed by atoms with E-state index in [1.165, 1.54) is 0 Å². The molecule has 0 spiro atoms. The molecule has 24 heavy (non-hydrogen) atoms. The van der Waals surface area contributed by atoms with Gasteiger partial charge in [-0.15, -0.1) is 0 Å². The average Bonchev–Trinajstić information content (AvgIpc) is 3.12. The van der Waals surface area contributed by atoms with Crippen LogP contribution in [0, 0.1) is 6.92 Å². The third-order valence-electron chi connectivity index (χ3n) is 4.20. The van der Waals surface area contributed by atoms with Gasteiger partial charge in [0.25, 0.3) is 5.91 Å². The highest BCUT2D eigenvalue weighted by molar-refractivity contribution is 5.92. The Morgan fingerprint density at radius 2 is 2.08 bits per heavy atom. The Labute approximate surface area is 141 Å². The van der Waals surface area contributed by atoms with Gasteiger partial charge in [-0.3, -0.25) is 4.79 Å². The lowest BCUT2D eigenvalue weighted by atomic mass is 10.2. The summed E-state index contributed by atoms with van der Waals surface area (Å²) >= 11 is 0. The maximum absolute atomic E-state index is 12.4. The van der Waals surface area contributed by atoms with E-state index in [9.17, 15) is 4.79 Å².